The van der Waals surface area contributed by atoms with Gasteiger partial charge in [0.2, 0.25) is 5.91 Å². The van der Waals surface area contributed by atoms with Gasteiger partial charge in [0.1, 0.15) is 11.0 Å². The maximum atomic E-state index is 13.1. The number of ketones is 1. The summed E-state index contributed by atoms with van der Waals surface area (Å²) in [5.74, 6) is -0.653. The first-order valence-electron chi connectivity index (χ1n) is 8.95. The number of fused-ring (bicyclic) bond motifs is 1. The van der Waals surface area contributed by atoms with Crippen LogP contribution >= 0.6 is 22.9 Å². The van der Waals surface area contributed by atoms with Crippen LogP contribution in [-0.4, -0.2) is 26.5 Å². The van der Waals surface area contributed by atoms with Crippen molar-refractivity contribution in [3.63, 3.8) is 0 Å². The fourth-order valence-electron chi connectivity index (χ4n) is 3.08. The second-order valence-corrected chi connectivity index (χ2v) is 7.93. The van der Waals surface area contributed by atoms with E-state index in [0.29, 0.717) is 38.5 Å². The van der Waals surface area contributed by atoms with Crippen LogP contribution in [0, 0.1) is 12.7 Å². The molecule has 1 aliphatic carbocycles. The molecule has 0 fully saturated rings. The van der Waals surface area contributed by atoms with E-state index in [2.05, 4.69) is 15.4 Å². The third-order valence-electron chi connectivity index (χ3n) is 4.52. The highest BCUT2D eigenvalue weighted by atomic mass is 35.5. The Morgan fingerprint density at radius 1 is 1.31 bits per heavy atom. The van der Waals surface area contributed by atoms with Crippen LogP contribution in [0.1, 0.15) is 39.5 Å². The van der Waals surface area contributed by atoms with Crippen molar-refractivity contribution in [2.24, 2.45) is 0 Å². The summed E-state index contributed by atoms with van der Waals surface area (Å²) in [5, 5.41) is 7.77. The Balaban J connectivity index is 1.51. The quantitative estimate of drug-likeness (QED) is 0.613. The number of nitrogens with zero attached hydrogens (tertiary/aromatic N) is 3. The number of halogens is 2. The minimum Gasteiger partial charge on any atom is -0.298 e. The third-order valence-corrected chi connectivity index (χ3v) is 5.94. The highest BCUT2D eigenvalue weighted by Crippen LogP contribution is 2.30. The molecule has 0 bridgehead atoms. The van der Waals surface area contributed by atoms with Gasteiger partial charge in [-0.3, -0.25) is 14.9 Å². The van der Waals surface area contributed by atoms with Gasteiger partial charge in [0.15, 0.2) is 10.9 Å². The Bertz CT molecular complexity index is 1130. The van der Waals surface area contributed by atoms with Gasteiger partial charge >= 0.3 is 0 Å². The predicted octanol–water partition coefficient (Wildman–Crippen LogP) is 4.60. The molecule has 0 atom stereocenters. The van der Waals surface area contributed by atoms with E-state index in [-0.39, 0.29) is 17.5 Å². The zero-order chi connectivity index (χ0) is 20.5. The molecule has 1 amide bonds. The van der Waals surface area contributed by atoms with Crippen LogP contribution in [0.15, 0.2) is 30.3 Å². The maximum absolute atomic E-state index is 13.1. The number of hydrogen-bond donors (Lipinski definition) is 1. The van der Waals surface area contributed by atoms with Crippen molar-refractivity contribution in [2.75, 3.05) is 5.32 Å². The van der Waals surface area contributed by atoms with Crippen molar-refractivity contribution in [1.82, 2.24) is 14.8 Å². The first-order chi connectivity index (χ1) is 13.9. The summed E-state index contributed by atoms with van der Waals surface area (Å²) in [6, 6.07) is 5.78. The lowest BCUT2D eigenvalue weighted by Crippen LogP contribution is -2.08. The van der Waals surface area contributed by atoms with Gasteiger partial charge < -0.3 is 0 Å². The van der Waals surface area contributed by atoms with Crippen molar-refractivity contribution in [3.05, 3.63) is 63.1 Å². The van der Waals surface area contributed by atoms with Crippen molar-refractivity contribution >= 4 is 45.8 Å². The van der Waals surface area contributed by atoms with Crippen molar-refractivity contribution in [2.45, 2.75) is 26.2 Å². The normalized spacial score (nSPS) is 13.7. The molecule has 6 nitrogen and oxygen atoms in total. The second kappa shape index (κ2) is 7.88. The van der Waals surface area contributed by atoms with Crippen LogP contribution in [0.2, 0.25) is 5.15 Å². The standard InChI is InChI=1S/C20H16ClFN4O2S/c1-11-14(19(21)26(25-11)13-7-5-12(22)6-8-13)9-10-17(28)24-20-23-15-3-2-4-16(27)18(15)29-20/h5-10H,2-4H2,1H3,(H,23,24,28)/b10-9+. The molecular weight excluding hydrogens is 415 g/mol. The predicted molar refractivity (Wildman–Crippen MR) is 110 cm³/mol. The van der Waals surface area contributed by atoms with Crippen LogP contribution in [0.25, 0.3) is 11.8 Å². The number of benzene rings is 1. The minimum atomic E-state index is -0.381. The SMILES string of the molecule is Cc1nn(-c2ccc(F)cc2)c(Cl)c1/C=C/C(=O)Nc1nc2c(s1)C(=O)CCC2. The highest BCUT2D eigenvalue weighted by Gasteiger charge is 2.22. The molecule has 3 aromatic rings. The van der Waals surface area contributed by atoms with E-state index in [1.165, 1.54) is 34.2 Å². The number of carbonyl (C=O) groups is 2. The molecule has 0 saturated heterocycles. The number of aromatic nitrogens is 3. The molecular formula is C20H16ClFN4O2S. The van der Waals surface area contributed by atoms with Gasteiger partial charge in [0.05, 0.1) is 22.0 Å². The average Bonchev–Trinajstić information content (AvgIpc) is 3.22. The van der Waals surface area contributed by atoms with Crippen molar-refractivity contribution in [1.29, 1.82) is 0 Å². The lowest BCUT2D eigenvalue weighted by Gasteiger charge is -2.05. The Kier molecular flexibility index (Phi) is 5.29. The average molecular weight is 431 g/mol. The Labute approximate surface area is 175 Å². The number of hydrogen-bond acceptors (Lipinski definition) is 5. The molecule has 0 aliphatic heterocycles. The molecule has 2 heterocycles. The van der Waals surface area contributed by atoms with Gasteiger partial charge in [0, 0.05) is 18.1 Å². The zero-order valence-corrected chi connectivity index (χ0v) is 17.0. The van der Waals surface area contributed by atoms with Crippen LogP contribution < -0.4 is 5.32 Å². The number of anilines is 1. The van der Waals surface area contributed by atoms with Crippen LogP contribution in [-0.2, 0) is 11.2 Å². The van der Waals surface area contributed by atoms with E-state index in [1.54, 1.807) is 25.1 Å². The van der Waals surface area contributed by atoms with E-state index in [1.807, 2.05) is 0 Å². The first kappa shape index (κ1) is 19.5. The number of rotatable bonds is 4. The van der Waals surface area contributed by atoms with Crippen molar-refractivity contribution < 1.29 is 14.0 Å². The zero-order valence-electron chi connectivity index (χ0n) is 15.4. The summed E-state index contributed by atoms with van der Waals surface area (Å²) < 4.78 is 14.6. The highest BCUT2D eigenvalue weighted by molar-refractivity contribution is 7.17. The van der Waals surface area contributed by atoms with E-state index in [4.69, 9.17) is 11.6 Å². The van der Waals surface area contributed by atoms with Crippen LogP contribution in [0.5, 0.6) is 0 Å². The summed E-state index contributed by atoms with van der Waals surface area (Å²) in [7, 11) is 0. The third kappa shape index (κ3) is 3.99. The van der Waals surface area contributed by atoms with Crippen molar-refractivity contribution in [3.8, 4) is 5.69 Å². The van der Waals surface area contributed by atoms with Gasteiger partial charge in [-0.25, -0.2) is 14.1 Å². The summed E-state index contributed by atoms with van der Waals surface area (Å²) in [6.07, 6.45) is 4.98. The summed E-state index contributed by atoms with van der Waals surface area (Å²) >= 11 is 7.61. The van der Waals surface area contributed by atoms with Gasteiger partial charge in [0.25, 0.3) is 0 Å². The molecule has 0 spiro atoms. The second-order valence-electron chi connectivity index (χ2n) is 6.57. The topological polar surface area (TPSA) is 76.9 Å². The lowest BCUT2D eigenvalue weighted by molar-refractivity contribution is -0.111. The Hall–Kier alpha value is -2.84. The first-order valence-corrected chi connectivity index (χ1v) is 10.1. The largest absolute Gasteiger partial charge is 0.298 e. The molecule has 1 aromatic carbocycles. The van der Waals surface area contributed by atoms with Gasteiger partial charge in [-0.15, -0.1) is 0 Å². The monoisotopic (exact) mass is 430 g/mol. The molecule has 0 saturated carbocycles. The maximum Gasteiger partial charge on any atom is 0.250 e. The molecule has 9 heteroatoms. The van der Waals surface area contributed by atoms with Crippen LogP contribution in [0.4, 0.5) is 9.52 Å². The number of aryl methyl sites for hydroxylation is 2. The fraction of sp³-hybridized carbons (Fsp3) is 0.200. The summed E-state index contributed by atoms with van der Waals surface area (Å²) in [4.78, 5) is 29.2. The molecule has 1 N–H and O–H groups in total. The van der Waals surface area contributed by atoms with Gasteiger partial charge in [-0.2, -0.15) is 5.10 Å². The fourth-order valence-corrected chi connectivity index (χ4v) is 4.40. The minimum absolute atomic E-state index is 0.0791. The van der Waals surface area contributed by atoms with Gasteiger partial charge in [-0.1, -0.05) is 22.9 Å². The van der Waals surface area contributed by atoms with E-state index in [9.17, 15) is 14.0 Å². The Morgan fingerprint density at radius 2 is 2.07 bits per heavy atom. The smallest absolute Gasteiger partial charge is 0.250 e. The summed E-state index contributed by atoms with van der Waals surface area (Å²) in [6.45, 7) is 1.77. The molecule has 148 valence electrons. The molecule has 29 heavy (non-hydrogen) atoms. The van der Waals surface area contributed by atoms with E-state index in [0.717, 1.165) is 18.5 Å². The number of Topliss-reactive ketones (excluding diaryl/α,β-unsaturated/α-hetero) is 1. The number of nitrogens with one attached hydrogen (secondary N) is 1. The van der Waals surface area contributed by atoms with E-state index >= 15 is 0 Å². The molecule has 0 unspecified atom stereocenters. The summed E-state index contributed by atoms with van der Waals surface area (Å²) in [5.41, 5.74) is 2.57. The molecule has 2 aromatic heterocycles. The number of thiazole rings is 1. The Morgan fingerprint density at radius 3 is 2.79 bits per heavy atom. The molecule has 1 aliphatic rings. The number of carbonyl (C=O) groups excluding carboxylic acids is 2. The van der Waals surface area contributed by atoms with Gasteiger partial charge in [-0.05, 0) is 50.1 Å². The van der Waals surface area contributed by atoms with E-state index < -0.39 is 0 Å². The molecule has 4 rings (SSSR count). The number of amides is 1. The lowest BCUT2D eigenvalue weighted by atomic mass is 10.0. The molecule has 0 radical (unpaired) electrons. The van der Waals surface area contributed by atoms with Crippen LogP contribution in [0.3, 0.4) is 0 Å².